The highest BCUT2D eigenvalue weighted by Crippen LogP contribution is 2.23. The first kappa shape index (κ1) is 16.4. The quantitative estimate of drug-likeness (QED) is 0.619. The molecule has 2 heterocycles. The van der Waals surface area contributed by atoms with Crippen molar-refractivity contribution in [2.75, 3.05) is 13.2 Å². The van der Waals surface area contributed by atoms with Crippen LogP contribution in [0.4, 0.5) is 0 Å². The molecule has 1 aliphatic heterocycles. The van der Waals surface area contributed by atoms with E-state index >= 15 is 0 Å². The fourth-order valence-electron chi connectivity index (χ4n) is 2.74. The molecule has 1 fully saturated rings. The van der Waals surface area contributed by atoms with Gasteiger partial charge in [-0.25, -0.2) is 4.79 Å². The van der Waals surface area contributed by atoms with Crippen molar-refractivity contribution in [2.24, 2.45) is 0 Å². The third-order valence-corrected chi connectivity index (χ3v) is 4.82. The van der Waals surface area contributed by atoms with E-state index in [9.17, 15) is 14.4 Å². The Morgan fingerprint density at radius 2 is 1.92 bits per heavy atom. The second-order valence-electron chi connectivity index (χ2n) is 5.53. The molecule has 24 heavy (non-hydrogen) atoms. The first-order chi connectivity index (χ1) is 11.7. The molecule has 1 aliphatic rings. The van der Waals surface area contributed by atoms with Gasteiger partial charge in [0.15, 0.2) is 12.4 Å². The normalized spacial score (nSPS) is 16.8. The summed E-state index contributed by atoms with van der Waals surface area (Å²) in [4.78, 5) is 38.9. The zero-order chi connectivity index (χ0) is 16.9. The molecule has 1 atom stereocenters. The molecule has 1 saturated heterocycles. The number of carbonyl (C=O) groups is 3. The summed E-state index contributed by atoms with van der Waals surface area (Å²) < 4.78 is 5.16. The molecule has 0 radical (unpaired) electrons. The molecule has 3 rings (SSSR count). The Labute approximate surface area is 143 Å². The van der Waals surface area contributed by atoms with E-state index in [4.69, 9.17) is 4.74 Å². The lowest BCUT2D eigenvalue weighted by Gasteiger charge is -2.22. The molecular formula is C18H17NO4S. The summed E-state index contributed by atoms with van der Waals surface area (Å²) in [5.74, 6) is -0.918. The number of rotatable bonds is 5. The molecule has 0 spiro atoms. The van der Waals surface area contributed by atoms with Crippen LogP contribution in [0.2, 0.25) is 0 Å². The van der Waals surface area contributed by atoms with E-state index in [1.165, 1.54) is 11.3 Å². The molecule has 0 aliphatic carbocycles. The van der Waals surface area contributed by atoms with Crippen LogP contribution in [-0.2, 0) is 9.53 Å². The number of thiophene rings is 1. The van der Waals surface area contributed by atoms with Crippen molar-refractivity contribution in [2.45, 2.75) is 18.9 Å². The van der Waals surface area contributed by atoms with Gasteiger partial charge in [0, 0.05) is 12.1 Å². The maximum atomic E-state index is 12.4. The minimum Gasteiger partial charge on any atom is -0.456 e. The number of hydrogen-bond acceptors (Lipinski definition) is 5. The second kappa shape index (κ2) is 7.40. The number of benzene rings is 1. The second-order valence-corrected chi connectivity index (χ2v) is 6.48. The zero-order valence-electron chi connectivity index (χ0n) is 13.0. The fourth-order valence-corrected chi connectivity index (χ4v) is 3.42. The van der Waals surface area contributed by atoms with Crippen LogP contribution in [0.1, 0.15) is 32.9 Å². The monoisotopic (exact) mass is 343 g/mol. The molecule has 5 nitrogen and oxygen atoms in total. The van der Waals surface area contributed by atoms with Gasteiger partial charge in [0.25, 0.3) is 5.91 Å². The van der Waals surface area contributed by atoms with E-state index in [0.717, 1.165) is 6.42 Å². The van der Waals surface area contributed by atoms with Crippen LogP contribution in [-0.4, -0.2) is 41.8 Å². The van der Waals surface area contributed by atoms with Crippen LogP contribution in [0, 0.1) is 0 Å². The van der Waals surface area contributed by atoms with Crippen molar-refractivity contribution in [3.8, 4) is 0 Å². The molecule has 124 valence electrons. The minimum absolute atomic E-state index is 0.154. The highest BCUT2D eigenvalue weighted by atomic mass is 32.1. The maximum absolute atomic E-state index is 12.4. The van der Waals surface area contributed by atoms with Gasteiger partial charge < -0.3 is 9.64 Å². The van der Waals surface area contributed by atoms with Gasteiger partial charge in [0.05, 0.1) is 4.88 Å². The molecule has 1 amide bonds. The van der Waals surface area contributed by atoms with Crippen molar-refractivity contribution in [1.82, 2.24) is 4.90 Å². The Kier molecular flexibility index (Phi) is 5.05. The Balaban J connectivity index is 1.60. The van der Waals surface area contributed by atoms with E-state index in [0.29, 0.717) is 23.4 Å². The van der Waals surface area contributed by atoms with E-state index < -0.39 is 12.0 Å². The number of ketones is 1. The van der Waals surface area contributed by atoms with Crippen LogP contribution in [0.15, 0.2) is 47.8 Å². The molecule has 0 bridgehead atoms. The predicted octanol–water partition coefficient (Wildman–Crippen LogP) is 2.78. The zero-order valence-corrected chi connectivity index (χ0v) is 13.8. The summed E-state index contributed by atoms with van der Waals surface area (Å²) in [6.45, 7) is 0.226. The highest BCUT2D eigenvalue weighted by molar-refractivity contribution is 7.12. The van der Waals surface area contributed by atoms with Gasteiger partial charge in [-0.3, -0.25) is 9.59 Å². The molecule has 0 unspecified atom stereocenters. The molecule has 1 aromatic carbocycles. The number of Topliss-reactive ketones (excluding diaryl/α,β-unsaturated/α-hetero) is 1. The number of amides is 1. The van der Waals surface area contributed by atoms with Crippen molar-refractivity contribution in [3.05, 3.63) is 58.3 Å². The lowest BCUT2D eigenvalue weighted by Crippen LogP contribution is -2.41. The van der Waals surface area contributed by atoms with Gasteiger partial charge in [0.1, 0.15) is 6.04 Å². The van der Waals surface area contributed by atoms with Gasteiger partial charge >= 0.3 is 5.97 Å². The largest absolute Gasteiger partial charge is 0.456 e. The standard InChI is InChI=1S/C18H17NO4S/c20-15(13-6-2-1-3-7-13)12-23-18(22)14-8-4-10-19(14)17(21)16-9-5-11-24-16/h1-3,5-7,9,11,14H,4,8,10,12H2/t14-/m0/s1. The Bertz CT molecular complexity index is 727. The Morgan fingerprint density at radius 1 is 1.12 bits per heavy atom. The number of nitrogens with zero attached hydrogens (tertiary/aromatic N) is 1. The topological polar surface area (TPSA) is 63.7 Å². The number of hydrogen-bond donors (Lipinski definition) is 0. The van der Waals surface area contributed by atoms with Crippen LogP contribution in [0.3, 0.4) is 0 Å². The smallest absolute Gasteiger partial charge is 0.329 e. The van der Waals surface area contributed by atoms with Crippen LogP contribution >= 0.6 is 11.3 Å². The summed E-state index contributed by atoms with van der Waals surface area (Å²) in [5, 5.41) is 1.83. The van der Waals surface area contributed by atoms with Crippen LogP contribution in [0.5, 0.6) is 0 Å². The summed E-state index contributed by atoms with van der Waals surface area (Å²) in [7, 11) is 0. The number of ether oxygens (including phenoxy) is 1. The van der Waals surface area contributed by atoms with E-state index in [1.807, 2.05) is 11.4 Å². The summed E-state index contributed by atoms with van der Waals surface area (Å²) in [6.07, 6.45) is 1.32. The fraction of sp³-hybridized carbons (Fsp3) is 0.278. The molecule has 1 aromatic heterocycles. The number of esters is 1. The van der Waals surface area contributed by atoms with Crippen molar-refractivity contribution < 1.29 is 19.1 Å². The van der Waals surface area contributed by atoms with Crippen molar-refractivity contribution >= 4 is 29.0 Å². The van der Waals surface area contributed by atoms with Crippen molar-refractivity contribution in [3.63, 3.8) is 0 Å². The van der Waals surface area contributed by atoms with Gasteiger partial charge in [-0.1, -0.05) is 36.4 Å². The Morgan fingerprint density at radius 3 is 2.62 bits per heavy atom. The van der Waals surface area contributed by atoms with E-state index in [2.05, 4.69) is 0 Å². The molecular weight excluding hydrogens is 326 g/mol. The average molecular weight is 343 g/mol. The third-order valence-electron chi connectivity index (χ3n) is 3.96. The first-order valence-electron chi connectivity index (χ1n) is 7.76. The van der Waals surface area contributed by atoms with Gasteiger partial charge in [0.2, 0.25) is 0 Å². The maximum Gasteiger partial charge on any atom is 0.329 e. The van der Waals surface area contributed by atoms with Gasteiger partial charge in [-0.2, -0.15) is 0 Å². The summed E-state index contributed by atoms with van der Waals surface area (Å²) >= 11 is 1.35. The summed E-state index contributed by atoms with van der Waals surface area (Å²) in [5.41, 5.74) is 0.503. The van der Waals surface area contributed by atoms with Crippen molar-refractivity contribution in [1.29, 1.82) is 0 Å². The van der Waals surface area contributed by atoms with Gasteiger partial charge in [-0.15, -0.1) is 11.3 Å². The Hall–Kier alpha value is -2.47. The molecule has 0 saturated carbocycles. The van der Waals surface area contributed by atoms with E-state index in [1.54, 1.807) is 41.3 Å². The SMILES string of the molecule is O=C(COC(=O)[C@@H]1CCCN1C(=O)c1cccs1)c1ccccc1. The highest BCUT2D eigenvalue weighted by Gasteiger charge is 2.36. The molecule has 2 aromatic rings. The lowest BCUT2D eigenvalue weighted by atomic mass is 10.1. The predicted molar refractivity (Wildman–Crippen MR) is 90.1 cm³/mol. The third kappa shape index (κ3) is 3.54. The number of carbonyl (C=O) groups excluding carboxylic acids is 3. The van der Waals surface area contributed by atoms with Crippen LogP contribution < -0.4 is 0 Å². The minimum atomic E-state index is -0.608. The van der Waals surface area contributed by atoms with E-state index in [-0.39, 0.29) is 18.3 Å². The first-order valence-corrected chi connectivity index (χ1v) is 8.64. The molecule has 0 N–H and O–H groups in total. The molecule has 6 heteroatoms. The average Bonchev–Trinajstić information content (AvgIpc) is 3.31. The van der Waals surface area contributed by atoms with Crippen LogP contribution in [0.25, 0.3) is 0 Å². The summed E-state index contributed by atoms with van der Waals surface area (Å²) in [6, 6.07) is 11.6. The lowest BCUT2D eigenvalue weighted by molar-refractivity contribution is -0.147. The van der Waals surface area contributed by atoms with Gasteiger partial charge in [-0.05, 0) is 24.3 Å². The number of likely N-dealkylation sites (tertiary alicyclic amines) is 1.